The van der Waals surface area contributed by atoms with Gasteiger partial charge >= 0.3 is 0 Å². The maximum Gasteiger partial charge on any atom is 0.126 e. The number of halogens is 1. The second-order valence-corrected chi connectivity index (χ2v) is 6.21. The first-order chi connectivity index (χ1) is 9.69. The SMILES string of the molecule is CCCNC(c1ccc(C)c(F)c1)C1CC2CCC1O2. The molecule has 0 aliphatic carbocycles. The van der Waals surface area contributed by atoms with E-state index in [0.29, 0.717) is 23.7 Å². The molecule has 2 fully saturated rings. The van der Waals surface area contributed by atoms with Gasteiger partial charge in [0.05, 0.1) is 12.2 Å². The van der Waals surface area contributed by atoms with E-state index >= 15 is 0 Å². The first kappa shape index (κ1) is 14.0. The number of rotatable bonds is 5. The van der Waals surface area contributed by atoms with Crippen LogP contribution in [0.25, 0.3) is 0 Å². The molecular weight excluding hydrogens is 253 g/mol. The minimum atomic E-state index is -0.102. The van der Waals surface area contributed by atoms with Crippen LogP contribution in [0.1, 0.15) is 49.8 Å². The van der Waals surface area contributed by atoms with Crippen molar-refractivity contribution in [2.24, 2.45) is 5.92 Å². The number of nitrogens with one attached hydrogen (secondary N) is 1. The van der Waals surface area contributed by atoms with Crippen molar-refractivity contribution < 1.29 is 9.13 Å². The molecule has 1 aromatic carbocycles. The molecule has 2 heterocycles. The predicted molar refractivity (Wildman–Crippen MR) is 78.2 cm³/mol. The van der Waals surface area contributed by atoms with E-state index in [1.807, 2.05) is 13.0 Å². The van der Waals surface area contributed by atoms with Gasteiger partial charge in [-0.3, -0.25) is 0 Å². The number of ether oxygens (including phenoxy) is 1. The summed E-state index contributed by atoms with van der Waals surface area (Å²) >= 11 is 0. The maximum absolute atomic E-state index is 13.9. The van der Waals surface area contributed by atoms with Crippen LogP contribution in [0.5, 0.6) is 0 Å². The van der Waals surface area contributed by atoms with Gasteiger partial charge in [0.15, 0.2) is 0 Å². The highest BCUT2D eigenvalue weighted by Crippen LogP contribution is 2.44. The van der Waals surface area contributed by atoms with Crippen LogP contribution < -0.4 is 5.32 Å². The second kappa shape index (κ2) is 5.82. The van der Waals surface area contributed by atoms with Crippen molar-refractivity contribution in [3.63, 3.8) is 0 Å². The Bertz CT molecular complexity index is 476. The van der Waals surface area contributed by atoms with Crippen molar-refractivity contribution >= 4 is 0 Å². The highest BCUT2D eigenvalue weighted by molar-refractivity contribution is 5.27. The standard InChI is InChI=1S/C17H24FNO/c1-3-8-19-17(12-5-4-11(2)15(18)9-12)14-10-13-6-7-16(14)20-13/h4-5,9,13-14,16-17,19H,3,6-8,10H2,1-2H3. The maximum atomic E-state index is 13.9. The van der Waals surface area contributed by atoms with Crippen LogP contribution in [0.15, 0.2) is 18.2 Å². The minimum Gasteiger partial charge on any atom is -0.375 e. The molecule has 2 aliphatic heterocycles. The summed E-state index contributed by atoms with van der Waals surface area (Å²) in [5, 5.41) is 3.61. The molecule has 3 rings (SSSR count). The molecule has 0 aromatic heterocycles. The Kier molecular flexibility index (Phi) is 4.08. The van der Waals surface area contributed by atoms with Crippen LogP contribution in [0, 0.1) is 18.7 Å². The predicted octanol–water partition coefficient (Wildman–Crippen LogP) is 3.74. The lowest BCUT2D eigenvalue weighted by atomic mass is 9.81. The van der Waals surface area contributed by atoms with Crippen LogP contribution in [-0.2, 0) is 4.74 Å². The van der Waals surface area contributed by atoms with Gasteiger partial charge in [0.25, 0.3) is 0 Å². The highest BCUT2D eigenvalue weighted by atomic mass is 19.1. The third-order valence-electron chi connectivity index (χ3n) is 4.75. The summed E-state index contributed by atoms with van der Waals surface area (Å²) in [6.45, 7) is 4.94. The molecule has 0 radical (unpaired) electrons. The molecule has 110 valence electrons. The van der Waals surface area contributed by atoms with Crippen molar-refractivity contribution in [2.45, 2.75) is 57.8 Å². The number of fused-ring (bicyclic) bond motifs is 2. The van der Waals surface area contributed by atoms with Crippen molar-refractivity contribution in [2.75, 3.05) is 6.54 Å². The lowest BCUT2D eigenvalue weighted by Crippen LogP contribution is -2.34. The van der Waals surface area contributed by atoms with Gasteiger partial charge in [-0.05, 0) is 56.3 Å². The van der Waals surface area contributed by atoms with Crippen LogP contribution in [-0.4, -0.2) is 18.8 Å². The lowest BCUT2D eigenvalue weighted by molar-refractivity contribution is 0.0856. The molecule has 2 nitrogen and oxygen atoms in total. The Morgan fingerprint density at radius 2 is 2.25 bits per heavy atom. The summed E-state index contributed by atoms with van der Waals surface area (Å²) in [5.41, 5.74) is 1.79. The Morgan fingerprint density at radius 1 is 1.40 bits per heavy atom. The zero-order valence-electron chi connectivity index (χ0n) is 12.4. The number of hydrogen-bond donors (Lipinski definition) is 1. The smallest absolute Gasteiger partial charge is 0.126 e. The van der Waals surface area contributed by atoms with E-state index in [1.165, 1.54) is 6.42 Å². The van der Waals surface area contributed by atoms with E-state index in [1.54, 1.807) is 6.07 Å². The minimum absolute atomic E-state index is 0.102. The van der Waals surface area contributed by atoms with Gasteiger partial charge in [-0.25, -0.2) is 4.39 Å². The molecule has 0 saturated carbocycles. The Balaban J connectivity index is 1.83. The van der Waals surface area contributed by atoms with E-state index in [2.05, 4.69) is 18.3 Å². The van der Waals surface area contributed by atoms with E-state index in [9.17, 15) is 4.39 Å². The van der Waals surface area contributed by atoms with Crippen molar-refractivity contribution in [3.8, 4) is 0 Å². The highest BCUT2D eigenvalue weighted by Gasteiger charge is 2.44. The number of aryl methyl sites for hydroxylation is 1. The summed E-state index contributed by atoms with van der Waals surface area (Å²) in [5.74, 6) is 0.386. The molecule has 0 amide bonds. The fraction of sp³-hybridized carbons (Fsp3) is 0.647. The van der Waals surface area contributed by atoms with Gasteiger partial charge in [0.2, 0.25) is 0 Å². The molecule has 1 N–H and O–H groups in total. The van der Waals surface area contributed by atoms with E-state index in [4.69, 9.17) is 4.74 Å². The average molecular weight is 277 g/mol. The van der Waals surface area contributed by atoms with Crippen molar-refractivity contribution in [3.05, 3.63) is 35.1 Å². The largest absolute Gasteiger partial charge is 0.375 e. The number of benzene rings is 1. The summed E-state index contributed by atoms with van der Waals surface area (Å²) in [4.78, 5) is 0. The number of hydrogen-bond acceptors (Lipinski definition) is 2. The fourth-order valence-corrected chi connectivity index (χ4v) is 3.65. The molecule has 4 atom stereocenters. The molecule has 3 heteroatoms. The first-order valence-corrected chi connectivity index (χ1v) is 7.84. The summed E-state index contributed by atoms with van der Waals surface area (Å²) < 4.78 is 19.9. The quantitative estimate of drug-likeness (QED) is 0.885. The first-order valence-electron chi connectivity index (χ1n) is 7.84. The summed E-state index contributed by atoms with van der Waals surface area (Å²) in [6, 6.07) is 5.88. The molecular formula is C17H24FNO. The van der Waals surface area contributed by atoms with Gasteiger partial charge in [0, 0.05) is 12.0 Å². The summed E-state index contributed by atoms with van der Waals surface area (Å²) in [7, 11) is 0. The van der Waals surface area contributed by atoms with E-state index < -0.39 is 0 Å². The molecule has 2 aliphatic rings. The molecule has 2 bridgehead atoms. The zero-order valence-corrected chi connectivity index (χ0v) is 12.4. The molecule has 4 unspecified atom stereocenters. The Morgan fingerprint density at radius 3 is 2.85 bits per heavy atom. The van der Waals surface area contributed by atoms with Crippen molar-refractivity contribution in [1.29, 1.82) is 0 Å². The van der Waals surface area contributed by atoms with Crippen LogP contribution >= 0.6 is 0 Å². The van der Waals surface area contributed by atoms with Crippen LogP contribution in [0.3, 0.4) is 0 Å². The van der Waals surface area contributed by atoms with Gasteiger partial charge in [-0.1, -0.05) is 19.1 Å². The van der Waals surface area contributed by atoms with Gasteiger partial charge < -0.3 is 10.1 Å². The molecule has 1 aromatic rings. The summed E-state index contributed by atoms with van der Waals surface area (Å²) in [6.07, 6.45) is 5.36. The lowest BCUT2D eigenvalue weighted by Gasteiger charge is -2.30. The molecule has 2 saturated heterocycles. The fourth-order valence-electron chi connectivity index (χ4n) is 3.65. The Hall–Kier alpha value is -0.930. The molecule has 20 heavy (non-hydrogen) atoms. The average Bonchev–Trinajstić information content (AvgIpc) is 3.06. The normalized spacial score (nSPS) is 29.9. The van der Waals surface area contributed by atoms with Gasteiger partial charge in [-0.15, -0.1) is 0 Å². The van der Waals surface area contributed by atoms with E-state index in [0.717, 1.165) is 31.4 Å². The monoisotopic (exact) mass is 277 g/mol. The molecule has 0 spiro atoms. The van der Waals surface area contributed by atoms with Crippen LogP contribution in [0.4, 0.5) is 4.39 Å². The van der Waals surface area contributed by atoms with Gasteiger partial charge in [0.1, 0.15) is 5.82 Å². The van der Waals surface area contributed by atoms with Gasteiger partial charge in [-0.2, -0.15) is 0 Å². The third kappa shape index (κ3) is 2.61. The zero-order chi connectivity index (χ0) is 14.1. The van der Waals surface area contributed by atoms with Crippen molar-refractivity contribution in [1.82, 2.24) is 5.32 Å². The van der Waals surface area contributed by atoms with E-state index in [-0.39, 0.29) is 11.9 Å². The van der Waals surface area contributed by atoms with Crippen LogP contribution in [0.2, 0.25) is 0 Å². The Labute approximate surface area is 120 Å². The second-order valence-electron chi connectivity index (χ2n) is 6.21. The third-order valence-corrected chi connectivity index (χ3v) is 4.75. The topological polar surface area (TPSA) is 21.3 Å².